The molecule has 0 unspecified atom stereocenters. The Balaban J connectivity index is 1.91. The lowest BCUT2D eigenvalue weighted by Crippen LogP contribution is -2.25. The first-order valence-corrected chi connectivity index (χ1v) is 8.62. The van der Waals surface area contributed by atoms with E-state index in [2.05, 4.69) is 10.6 Å². The molecule has 142 valence electrons. The van der Waals surface area contributed by atoms with Crippen molar-refractivity contribution in [2.24, 2.45) is 0 Å². The second-order valence-electron chi connectivity index (χ2n) is 5.78. The summed E-state index contributed by atoms with van der Waals surface area (Å²) in [6.07, 6.45) is 3.90. The molecule has 27 heavy (non-hydrogen) atoms. The van der Waals surface area contributed by atoms with Gasteiger partial charge in [0.2, 0.25) is 5.91 Å². The van der Waals surface area contributed by atoms with Gasteiger partial charge in [-0.2, -0.15) is 0 Å². The summed E-state index contributed by atoms with van der Waals surface area (Å²) in [5.41, 5.74) is 1.93. The van der Waals surface area contributed by atoms with Crippen LogP contribution in [0.1, 0.15) is 22.3 Å². The predicted octanol–water partition coefficient (Wildman–Crippen LogP) is 3.11. The van der Waals surface area contributed by atoms with E-state index in [1.165, 1.54) is 6.08 Å². The summed E-state index contributed by atoms with van der Waals surface area (Å²) < 4.78 is 10.0. The molecule has 0 aliphatic carbocycles. The molecule has 0 atom stereocenters. The third-order valence-electron chi connectivity index (χ3n) is 3.75. The summed E-state index contributed by atoms with van der Waals surface area (Å²) in [6, 6.07) is 14.2. The monoisotopic (exact) mass is 368 g/mol. The van der Waals surface area contributed by atoms with Gasteiger partial charge < -0.3 is 20.1 Å². The van der Waals surface area contributed by atoms with Crippen molar-refractivity contribution in [2.45, 2.75) is 6.42 Å². The predicted molar refractivity (Wildman–Crippen MR) is 106 cm³/mol. The Morgan fingerprint density at radius 3 is 2.56 bits per heavy atom. The first kappa shape index (κ1) is 20.2. The Labute approximate surface area is 159 Å². The standard InChI is InChI=1S/C21H24N2O4/c1-26-14-4-13-22-21(25)17-5-3-6-18(15-17)23-20(24)12-9-16-7-10-19(27-2)11-8-16/h3,5-12,15H,4,13-14H2,1-2H3,(H,22,25)(H,23,24)/b12-9+. The maximum Gasteiger partial charge on any atom is 0.251 e. The first-order valence-electron chi connectivity index (χ1n) is 8.62. The zero-order chi connectivity index (χ0) is 19.5. The quantitative estimate of drug-likeness (QED) is 0.527. The van der Waals surface area contributed by atoms with Gasteiger partial charge in [0.1, 0.15) is 5.75 Å². The van der Waals surface area contributed by atoms with Crippen LogP contribution < -0.4 is 15.4 Å². The van der Waals surface area contributed by atoms with E-state index in [0.717, 1.165) is 17.7 Å². The van der Waals surface area contributed by atoms with Crippen molar-refractivity contribution in [3.8, 4) is 5.75 Å². The Hall–Kier alpha value is -3.12. The zero-order valence-electron chi connectivity index (χ0n) is 15.5. The highest BCUT2D eigenvalue weighted by Crippen LogP contribution is 2.13. The summed E-state index contributed by atoms with van der Waals surface area (Å²) in [7, 11) is 3.23. The molecular weight excluding hydrogens is 344 g/mol. The number of hydrogen-bond acceptors (Lipinski definition) is 4. The number of amides is 2. The smallest absolute Gasteiger partial charge is 0.251 e. The first-order chi connectivity index (χ1) is 13.1. The number of hydrogen-bond donors (Lipinski definition) is 2. The van der Waals surface area contributed by atoms with E-state index in [9.17, 15) is 9.59 Å². The highest BCUT2D eigenvalue weighted by atomic mass is 16.5. The topological polar surface area (TPSA) is 76.7 Å². The van der Waals surface area contributed by atoms with E-state index < -0.39 is 0 Å². The van der Waals surface area contributed by atoms with Crippen molar-refractivity contribution in [3.63, 3.8) is 0 Å². The van der Waals surface area contributed by atoms with Crippen LogP contribution in [0.5, 0.6) is 5.75 Å². The maximum absolute atomic E-state index is 12.1. The van der Waals surface area contributed by atoms with Gasteiger partial charge in [-0.1, -0.05) is 18.2 Å². The van der Waals surface area contributed by atoms with Crippen LogP contribution in [-0.2, 0) is 9.53 Å². The fraction of sp³-hybridized carbons (Fsp3) is 0.238. The van der Waals surface area contributed by atoms with Crippen LogP contribution in [0, 0.1) is 0 Å². The van der Waals surface area contributed by atoms with Crippen LogP contribution in [-0.4, -0.2) is 39.2 Å². The van der Waals surface area contributed by atoms with E-state index in [1.807, 2.05) is 24.3 Å². The molecule has 6 nitrogen and oxygen atoms in total. The van der Waals surface area contributed by atoms with Crippen LogP contribution >= 0.6 is 0 Å². The largest absolute Gasteiger partial charge is 0.497 e. The van der Waals surface area contributed by atoms with Gasteiger partial charge in [-0.3, -0.25) is 9.59 Å². The number of carbonyl (C=O) groups is 2. The summed E-state index contributed by atoms with van der Waals surface area (Å²) in [4.78, 5) is 24.2. The molecule has 2 aromatic carbocycles. The van der Waals surface area contributed by atoms with E-state index in [4.69, 9.17) is 9.47 Å². The van der Waals surface area contributed by atoms with Gasteiger partial charge in [0.15, 0.2) is 0 Å². The SMILES string of the molecule is COCCCNC(=O)c1cccc(NC(=O)/C=C/c2ccc(OC)cc2)c1. The van der Waals surface area contributed by atoms with Gasteiger partial charge >= 0.3 is 0 Å². The minimum absolute atomic E-state index is 0.184. The van der Waals surface area contributed by atoms with Gasteiger partial charge in [-0.15, -0.1) is 0 Å². The van der Waals surface area contributed by atoms with Crippen LogP contribution in [0.25, 0.3) is 6.08 Å². The molecular formula is C21H24N2O4. The van der Waals surface area contributed by atoms with Crippen molar-refractivity contribution >= 4 is 23.6 Å². The molecule has 0 heterocycles. The molecule has 2 aromatic rings. The molecule has 0 aliphatic heterocycles. The van der Waals surface area contributed by atoms with Crippen molar-refractivity contribution < 1.29 is 19.1 Å². The van der Waals surface area contributed by atoms with Crippen molar-refractivity contribution in [1.29, 1.82) is 0 Å². The van der Waals surface area contributed by atoms with Crippen molar-refractivity contribution in [1.82, 2.24) is 5.32 Å². The van der Waals surface area contributed by atoms with Crippen molar-refractivity contribution in [3.05, 3.63) is 65.7 Å². The Bertz CT molecular complexity index is 785. The summed E-state index contributed by atoms with van der Waals surface area (Å²) >= 11 is 0. The van der Waals surface area contributed by atoms with Crippen LogP contribution in [0.3, 0.4) is 0 Å². The van der Waals surface area contributed by atoms with E-state index >= 15 is 0 Å². The third-order valence-corrected chi connectivity index (χ3v) is 3.75. The molecule has 0 spiro atoms. The maximum atomic E-state index is 12.1. The number of anilines is 1. The van der Waals surface area contributed by atoms with Crippen molar-refractivity contribution in [2.75, 3.05) is 32.7 Å². The van der Waals surface area contributed by atoms with E-state index in [0.29, 0.717) is 24.4 Å². The highest BCUT2D eigenvalue weighted by molar-refractivity contribution is 6.03. The Morgan fingerprint density at radius 1 is 1.07 bits per heavy atom. The molecule has 0 aliphatic rings. The molecule has 0 aromatic heterocycles. The lowest BCUT2D eigenvalue weighted by molar-refractivity contribution is -0.111. The minimum Gasteiger partial charge on any atom is -0.497 e. The highest BCUT2D eigenvalue weighted by Gasteiger charge is 2.06. The van der Waals surface area contributed by atoms with Gasteiger partial charge in [0.25, 0.3) is 5.91 Å². The number of benzene rings is 2. The van der Waals surface area contributed by atoms with Gasteiger partial charge in [-0.25, -0.2) is 0 Å². The van der Waals surface area contributed by atoms with E-state index in [-0.39, 0.29) is 11.8 Å². The molecule has 0 fully saturated rings. The lowest BCUT2D eigenvalue weighted by atomic mass is 10.1. The Kier molecular flexibility index (Phi) is 8.06. The molecule has 2 rings (SSSR count). The molecule has 0 radical (unpaired) electrons. The molecule has 2 amide bonds. The average Bonchev–Trinajstić information content (AvgIpc) is 2.70. The lowest BCUT2D eigenvalue weighted by Gasteiger charge is -2.07. The second kappa shape index (κ2) is 10.8. The zero-order valence-corrected chi connectivity index (χ0v) is 15.5. The summed E-state index contributed by atoms with van der Waals surface area (Å²) in [5, 5.41) is 5.57. The number of carbonyl (C=O) groups excluding carboxylic acids is 2. The molecule has 6 heteroatoms. The molecule has 0 saturated carbocycles. The molecule has 0 bridgehead atoms. The fourth-order valence-corrected chi connectivity index (χ4v) is 2.33. The summed E-state index contributed by atoms with van der Waals surface area (Å²) in [6.45, 7) is 1.13. The van der Waals surface area contributed by atoms with Gasteiger partial charge in [0, 0.05) is 37.6 Å². The van der Waals surface area contributed by atoms with Gasteiger partial charge in [0.05, 0.1) is 7.11 Å². The second-order valence-corrected chi connectivity index (χ2v) is 5.78. The van der Waals surface area contributed by atoms with Crippen LogP contribution in [0.15, 0.2) is 54.6 Å². The van der Waals surface area contributed by atoms with Crippen LogP contribution in [0.2, 0.25) is 0 Å². The summed E-state index contributed by atoms with van der Waals surface area (Å²) in [5.74, 6) is 0.299. The number of nitrogens with one attached hydrogen (secondary N) is 2. The molecule has 0 saturated heterocycles. The fourth-order valence-electron chi connectivity index (χ4n) is 2.33. The number of methoxy groups -OCH3 is 2. The Morgan fingerprint density at radius 2 is 1.85 bits per heavy atom. The average molecular weight is 368 g/mol. The normalized spacial score (nSPS) is 10.6. The third kappa shape index (κ3) is 6.95. The molecule has 2 N–H and O–H groups in total. The number of rotatable bonds is 9. The van der Waals surface area contributed by atoms with E-state index in [1.54, 1.807) is 44.6 Å². The minimum atomic E-state index is -0.275. The van der Waals surface area contributed by atoms with Crippen LogP contribution in [0.4, 0.5) is 5.69 Å². The van der Waals surface area contributed by atoms with Gasteiger partial charge in [-0.05, 0) is 48.4 Å². The number of ether oxygens (including phenoxy) is 2.